The van der Waals surface area contributed by atoms with E-state index in [-0.39, 0.29) is 11.9 Å². The lowest BCUT2D eigenvalue weighted by molar-refractivity contribution is 0.0939. The minimum Gasteiger partial charge on any atom is -0.355 e. The van der Waals surface area contributed by atoms with E-state index in [0.29, 0.717) is 27.6 Å². The molecule has 0 saturated carbocycles. The zero-order valence-corrected chi connectivity index (χ0v) is 14.2. The molecular formula is C19H17ClN2O2. The number of nitrogens with zero attached hydrogens (tertiary/aromatic N) is 1. The molecule has 0 bridgehead atoms. The van der Waals surface area contributed by atoms with Crippen molar-refractivity contribution >= 4 is 17.5 Å². The largest absolute Gasteiger partial charge is 0.355 e. The minimum absolute atomic E-state index is 0.132. The second-order valence-electron chi connectivity index (χ2n) is 5.56. The van der Waals surface area contributed by atoms with Crippen LogP contribution >= 0.6 is 11.6 Å². The van der Waals surface area contributed by atoms with Crippen LogP contribution in [0.1, 0.15) is 34.6 Å². The van der Waals surface area contributed by atoms with Crippen LogP contribution in [-0.2, 0) is 0 Å². The molecule has 0 aliphatic heterocycles. The molecule has 1 aromatic heterocycles. The number of rotatable bonds is 4. The van der Waals surface area contributed by atoms with Crippen LogP contribution < -0.4 is 5.32 Å². The molecule has 0 aliphatic carbocycles. The van der Waals surface area contributed by atoms with Gasteiger partial charge < -0.3 is 9.84 Å². The van der Waals surface area contributed by atoms with Crippen molar-refractivity contribution in [1.29, 1.82) is 0 Å². The van der Waals surface area contributed by atoms with Crippen molar-refractivity contribution in [2.45, 2.75) is 19.9 Å². The van der Waals surface area contributed by atoms with Gasteiger partial charge >= 0.3 is 0 Å². The lowest BCUT2D eigenvalue weighted by Gasteiger charge is -2.14. The van der Waals surface area contributed by atoms with Gasteiger partial charge in [-0.15, -0.1) is 0 Å². The van der Waals surface area contributed by atoms with Gasteiger partial charge in [0.1, 0.15) is 5.56 Å². The molecule has 0 spiro atoms. The fourth-order valence-corrected chi connectivity index (χ4v) is 2.78. The molecule has 3 rings (SSSR count). The van der Waals surface area contributed by atoms with Crippen LogP contribution in [0.2, 0.25) is 5.02 Å². The van der Waals surface area contributed by atoms with Gasteiger partial charge in [-0.3, -0.25) is 4.79 Å². The Bertz CT molecular complexity index is 859. The quantitative estimate of drug-likeness (QED) is 0.742. The topological polar surface area (TPSA) is 55.1 Å². The first kappa shape index (κ1) is 16.3. The molecule has 0 unspecified atom stereocenters. The van der Waals surface area contributed by atoms with E-state index in [1.165, 1.54) is 0 Å². The maximum Gasteiger partial charge on any atom is 0.257 e. The van der Waals surface area contributed by atoms with Gasteiger partial charge in [0.15, 0.2) is 5.76 Å². The summed E-state index contributed by atoms with van der Waals surface area (Å²) in [6.45, 7) is 3.68. The predicted molar refractivity (Wildman–Crippen MR) is 94.0 cm³/mol. The third kappa shape index (κ3) is 3.19. The summed E-state index contributed by atoms with van der Waals surface area (Å²) < 4.78 is 5.38. The SMILES string of the molecule is Cc1noc(-c2ccccc2Cl)c1C(=O)N[C@@H](C)c1ccccc1. The molecule has 5 heteroatoms. The molecule has 122 valence electrons. The number of halogens is 1. The van der Waals surface area contributed by atoms with Crippen molar-refractivity contribution in [2.24, 2.45) is 0 Å². The van der Waals surface area contributed by atoms with Crippen LogP contribution in [0.4, 0.5) is 0 Å². The van der Waals surface area contributed by atoms with Gasteiger partial charge in [0.05, 0.1) is 16.8 Å². The molecule has 0 radical (unpaired) electrons. The normalized spacial score (nSPS) is 12.0. The van der Waals surface area contributed by atoms with E-state index in [0.717, 1.165) is 5.56 Å². The summed E-state index contributed by atoms with van der Waals surface area (Å²) >= 11 is 6.23. The Morgan fingerprint density at radius 3 is 2.50 bits per heavy atom. The highest BCUT2D eigenvalue weighted by Crippen LogP contribution is 2.32. The fourth-order valence-electron chi connectivity index (χ4n) is 2.56. The molecule has 0 saturated heterocycles. The number of amides is 1. The third-order valence-corrected chi connectivity index (χ3v) is 4.19. The highest BCUT2D eigenvalue weighted by atomic mass is 35.5. The highest BCUT2D eigenvalue weighted by molar-refractivity contribution is 6.33. The van der Waals surface area contributed by atoms with Crippen LogP contribution in [0.5, 0.6) is 0 Å². The minimum atomic E-state index is -0.236. The van der Waals surface area contributed by atoms with Crippen molar-refractivity contribution in [1.82, 2.24) is 10.5 Å². The van der Waals surface area contributed by atoms with Crippen LogP contribution in [0, 0.1) is 6.92 Å². The van der Waals surface area contributed by atoms with E-state index in [9.17, 15) is 4.79 Å². The molecule has 2 aromatic carbocycles. The molecule has 1 amide bonds. The van der Waals surface area contributed by atoms with Crippen molar-refractivity contribution in [3.8, 4) is 11.3 Å². The van der Waals surface area contributed by atoms with Crippen LogP contribution in [0.25, 0.3) is 11.3 Å². The van der Waals surface area contributed by atoms with Crippen molar-refractivity contribution in [3.05, 3.63) is 76.4 Å². The summed E-state index contributed by atoms with van der Waals surface area (Å²) in [7, 11) is 0. The second-order valence-corrected chi connectivity index (χ2v) is 5.96. The number of carbonyl (C=O) groups excluding carboxylic acids is 1. The number of benzene rings is 2. The van der Waals surface area contributed by atoms with Gasteiger partial charge in [-0.2, -0.15) is 0 Å². The Hall–Kier alpha value is -2.59. The lowest BCUT2D eigenvalue weighted by Crippen LogP contribution is -2.27. The summed E-state index contributed by atoms with van der Waals surface area (Å²) in [6, 6.07) is 16.9. The van der Waals surface area contributed by atoms with Gasteiger partial charge in [-0.25, -0.2) is 0 Å². The average molecular weight is 341 g/mol. The molecule has 0 fully saturated rings. The molecule has 1 atom stereocenters. The number of carbonyl (C=O) groups is 1. The highest BCUT2D eigenvalue weighted by Gasteiger charge is 2.24. The van der Waals surface area contributed by atoms with E-state index in [1.54, 1.807) is 19.1 Å². The predicted octanol–water partition coefficient (Wildman–Crippen LogP) is 4.79. The van der Waals surface area contributed by atoms with Crippen LogP contribution in [0.3, 0.4) is 0 Å². The fraction of sp³-hybridized carbons (Fsp3) is 0.158. The monoisotopic (exact) mass is 340 g/mol. The average Bonchev–Trinajstić information content (AvgIpc) is 2.97. The Balaban J connectivity index is 1.91. The van der Waals surface area contributed by atoms with Gasteiger partial charge in [-0.05, 0) is 31.5 Å². The number of hydrogen-bond acceptors (Lipinski definition) is 3. The lowest BCUT2D eigenvalue weighted by atomic mass is 10.0. The smallest absolute Gasteiger partial charge is 0.257 e. The Morgan fingerprint density at radius 2 is 1.79 bits per heavy atom. The van der Waals surface area contributed by atoms with Gasteiger partial charge in [0.25, 0.3) is 5.91 Å². The van der Waals surface area contributed by atoms with Crippen LogP contribution in [-0.4, -0.2) is 11.1 Å². The molecular weight excluding hydrogens is 324 g/mol. The Morgan fingerprint density at radius 1 is 1.12 bits per heavy atom. The first-order valence-corrected chi connectivity index (χ1v) is 8.02. The number of hydrogen-bond donors (Lipinski definition) is 1. The summed E-state index contributed by atoms with van der Waals surface area (Å²) in [5.41, 5.74) is 2.62. The van der Waals surface area contributed by atoms with Crippen molar-refractivity contribution in [2.75, 3.05) is 0 Å². The van der Waals surface area contributed by atoms with Gasteiger partial charge in [0.2, 0.25) is 0 Å². The molecule has 4 nitrogen and oxygen atoms in total. The second kappa shape index (κ2) is 6.89. The molecule has 0 aliphatic rings. The summed E-state index contributed by atoms with van der Waals surface area (Å²) in [5.74, 6) is 0.149. The van der Waals surface area contributed by atoms with E-state index in [2.05, 4.69) is 10.5 Å². The molecule has 3 aromatic rings. The van der Waals surface area contributed by atoms with Gasteiger partial charge in [0, 0.05) is 5.56 Å². The summed E-state index contributed by atoms with van der Waals surface area (Å²) in [5, 5.41) is 7.44. The Kier molecular flexibility index (Phi) is 4.67. The van der Waals surface area contributed by atoms with Crippen molar-refractivity contribution < 1.29 is 9.32 Å². The number of nitrogens with one attached hydrogen (secondary N) is 1. The maximum absolute atomic E-state index is 12.8. The Labute approximate surface area is 145 Å². The zero-order valence-electron chi connectivity index (χ0n) is 13.4. The van der Waals surface area contributed by atoms with E-state index >= 15 is 0 Å². The van der Waals surface area contributed by atoms with E-state index < -0.39 is 0 Å². The molecule has 1 heterocycles. The zero-order chi connectivity index (χ0) is 17.1. The van der Waals surface area contributed by atoms with Crippen LogP contribution in [0.15, 0.2) is 59.1 Å². The third-order valence-electron chi connectivity index (χ3n) is 3.86. The summed E-state index contributed by atoms with van der Waals surface area (Å²) in [6.07, 6.45) is 0. The summed E-state index contributed by atoms with van der Waals surface area (Å²) in [4.78, 5) is 12.8. The first-order valence-electron chi connectivity index (χ1n) is 7.65. The van der Waals surface area contributed by atoms with E-state index in [4.69, 9.17) is 16.1 Å². The maximum atomic E-state index is 12.8. The first-order chi connectivity index (χ1) is 11.6. The standard InChI is InChI=1S/C19H17ClN2O2/c1-12(14-8-4-3-5-9-14)21-19(23)17-13(2)22-24-18(17)15-10-6-7-11-16(15)20/h3-12H,1-2H3,(H,21,23)/t12-/m0/s1. The van der Waals surface area contributed by atoms with Gasteiger partial charge in [-0.1, -0.05) is 59.2 Å². The van der Waals surface area contributed by atoms with E-state index in [1.807, 2.05) is 49.4 Å². The molecule has 1 N–H and O–H groups in total. The molecule has 24 heavy (non-hydrogen) atoms. The number of aromatic nitrogens is 1. The van der Waals surface area contributed by atoms with Crippen molar-refractivity contribution in [3.63, 3.8) is 0 Å². The number of aryl methyl sites for hydroxylation is 1.